The minimum atomic E-state index is -0.448. The summed E-state index contributed by atoms with van der Waals surface area (Å²) in [5.41, 5.74) is 2.92. The monoisotopic (exact) mass is 341 g/mol. The standard InChI is InChI=1S/C21H15N3O2/c25-21-24-19(20(26-21)15-7-2-1-3-8-15)18-11-6-10-17(23-18)13-12-16-9-4-5-14-22-16/h1-11,14,19-20H,(H,24,25)/t19-,20-/m0/s1. The highest BCUT2D eigenvalue weighted by atomic mass is 16.6. The number of alkyl carbamates (subject to hydrolysis) is 1. The predicted molar refractivity (Wildman–Crippen MR) is 96.0 cm³/mol. The molecule has 0 radical (unpaired) electrons. The summed E-state index contributed by atoms with van der Waals surface area (Å²) < 4.78 is 5.45. The Balaban J connectivity index is 1.63. The van der Waals surface area contributed by atoms with Crippen LogP contribution in [0.15, 0.2) is 72.9 Å². The highest BCUT2D eigenvalue weighted by molar-refractivity contribution is 5.71. The van der Waals surface area contributed by atoms with Crippen molar-refractivity contribution in [2.45, 2.75) is 12.1 Å². The van der Waals surface area contributed by atoms with Gasteiger partial charge in [-0.25, -0.2) is 14.8 Å². The van der Waals surface area contributed by atoms with Crippen molar-refractivity contribution >= 4 is 6.09 Å². The van der Waals surface area contributed by atoms with Gasteiger partial charge in [0.1, 0.15) is 17.4 Å². The average Bonchev–Trinajstić information content (AvgIpc) is 3.10. The van der Waals surface area contributed by atoms with Crippen molar-refractivity contribution in [3.8, 4) is 11.8 Å². The van der Waals surface area contributed by atoms with Gasteiger partial charge < -0.3 is 10.1 Å². The zero-order valence-corrected chi connectivity index (χ0v) is 13.8. The fraction of sp³-hybridized carbons (Fsp3) is 0.0952. The van der Waals surface area contributed by atoms with E-state index >= 15 is 0 Å². The Labute approximate surface area is 151 Å². The minimum Gasteiger partial charge on any atom is -0.439 e. The molecular weight excluding hydrogens is 326 g/mol. The maximum atomic E-state index is 11.8. The van der Waals surface area contributed by atoms with E-state index in [1.165, 1.54) is 0 Å². The first-order valence-electron chi connectivity index (χ1n) is 8.22. The van der Waals surface area contributed by atoms with E-state index in [0.29, 0.717) is 17.1 Å². The SMILES string of the molecule is O=C1N[C@@H](c2cccc(C#Cc3ccccn3)n2)[C@H](c2ccccc2)O1. The van der Waals surface area contributed by atoms with E-state index in [9.17, 15) is 4.79 Å². The third-order valence-electron chi connectivity index (χ3n) is 4.01. The van der Waals surface area contributed by atoms with Crippen molar-refractivity contribution in [2.75, 3.05) is 0 Å². The number of carbonyl (C=O) groups is 1. The van der Waals surface area contributed by atoms with E-state index in [2.05, 4.69) is 27.1 Å². The minimum absolute atomic E-state index is 0.360. The summed E-state index contributed by atoms with van der Waals surface area (Å²) >= 11 is 0. The molecule has 1 aliphatic heterocycles. The Morgan fingerprint density at radius 1 is 0.885 bits per heavy atom. The molecule has 5 nitrogen and oxygen atoms in total. The van der Waals surface area contributed by atoms with Gasteiger partial charge >= 0.3 is 6.09 Å². The molecule has 0 bridgehead atoms. The number of hydrogen-bond donors (Lipinski definition) is 1. The third kappa shape index (κ3) is 3.40. The summed E-state index contributed by atoms with van der Waals surface area (Å²) in [6.45, 7) is 0. The number of ether oxygens (including phenoxy) is 1. The molecule has 0 saturated carbocycles. The van der Waals surface area contributed by atoms with E-state index in [1.807, 2.05) is 66.7 Å². The van der Waals surface area contributed by atoms with E-state index in [4.69, 9.17) is 4.74 Å². The van der Waals surface area contributed by atoms with Crippen LogP contribution in [0.25, 0.3) is 0 Å². The first kappa shape index (κ1) is 15.9. The zero-order chi connectivity index (χ0) is 17.8. The molecule has 1 N–H and O–H groups in total. The van der Waals surface area contributed by atoms with Gasteiger partial charge in [0.25, 0.3) is 0 Å². The molecule has 1 aliphatic rings. The molecule has 0 unspecified atom stereocenters. The Morgan fingerprint density at radius 3 is 2.46 bits per heavy atom. The summed E-state index contributed by atoms with van der Waals surface area (Å²) in [5, 5.41) is 2.84. The topological polar surface area (TPSA) is 64.1 Å². The number of carbonyl (C=O) groups excluding carboxylic acids is 1. The van der Waals surface area contributed by atoms with Gasteiger partial charge in [0.2, 0.25) is 0 Å². The summed E-state index contributed by atoms with van der Waals surface area (Å²) in [5.74, 6) is 6.00. The van der Waals surface area contributed by atoms with Crippen molar-refractivity contribution in [1.29, 1.82) is 0 Å². The summed E-state index contributed by atoms with van der Waals surface area (Å²) in [7, 11) is 0. The highest BCUT2D eigenvalue weighted by Gasteiger charge is 2.37. The van der Waals surface area contributed by atoms with Crippen molar-refractivity contribution in [1.82, 2.24) is 15.3 Å². The quantitative estimate of drug-likeness (QED) is 0.726. The van der Waals surface area contributed by atoms with Crippen LogP contribution < -0.4 is 5.32 Å². The lowest BCUT2D eigenvalue weighted by Crippen LogP contribution is -2.20. The van der Waals surface area contributed by atoms with Crippen LogP contribution in [0.3, 0.4) is 0 Å². The lowest BCUT2D eigenvalue weighted by Gasteiger charge is -2.16. The van der Waals surface area contributed by atoms with Crippen LogP contribution in [0.2, 0.25) is 0 Å². The molecule has 2 atom stereocenters. The van der Waals surface area contributed by atoms with Crippen LogP contribution in [-0.4, -0.2) is 16.1 Å². The van der Waals surface area contributed by atoms with Crippen LogP contribution in [0, 0.1) is 11.8 Å². The number of nitrogens with one attached hydrogen (secondary N) is 1. The van der Waals surface area contributed by atoms with Crippen LogP contribution >= 0.6 is 0 Å². The van der Waals surface area contributed by atoms with Gasteiger partial charge in [-0.3, -0.25) is 0 Å². The van der Waals surface area contributed by atoms with Gasteiger partial charge in [0.05, 0.1) is 5.69 Å². The Hall–Kier alpha value is -3.65. The lowest BCUT2D eigenvalue weighted by molar-refractivity contribution is 0.132. The number of aromatic nitrogens is 2. The van der Waals surface area contributed by atoms with E-state index < -0.39 is 12.2 Å². The number of hydrogen-bond acceptors (Lipinski definition) is 4. The lowest BCUT2D eigenvalue weighted by atomic mass is 10.00. The van der Waals surface area contributed by atoms with Gasteiger partial charge in [-0.05, 0) is 41.7 Å². The second kappa shape index (κ2) is 7.08. The second-order valence-corrected chi connectivity index (χ2v) is 5.77. The van der Waals surface area contributed by atoms with Gasteiger partial charge in [-0.1, -0.05) is 42.5 Å². The maximum absolute atomic E-state index is 11.8. The van der Waals surface area contributed by atoms with Crippen LogP contribution in [0.5, 0.6) is 0 Å². The molecule has 1 amide bonds. The predicted octanol–water partition coefficient (Wildman–Crippen LogP) is 3.40. The highest BCUT2D eigenvalue weighted by Crippen LogP contribution is 2.35. The first-order valence-corrected chi connectivity index (χ1v) is 8.22. The van der Waals surface area contributed by atoms with Crippen LogP contribution in [0.4, 0.5) is 4.79 Å². The van der Waals surface area contributed by atoms with Crippen molar-refractivity contribution in [3.05, 3.63) is 95.6 Å². The zero-order valence-electron chi connectivity index (χ0n) is 13.8. The molecule has 0 spiro atoms. The van der Waals surface area contributed by atoms with Gasteiger partial charge in [0.15, 0.2) is 6.10 Å². The van der Waals surface area contributed by atoms with Crippen molar-refractivity contribution in [2.24, 2.45) is 0 Å². The molecule has 1 saturated heterocycles. The van der Waals surface area contributed by atoms with Gasteiger partial charge in [-0.15, -0.1) is 0 Å². The van der Waals surface area contributed by atoms with Crippen LogP contribution in [-0.2, 0) is 4.74 Å². The fourth-order valence-electron chi connectivity index (χ4n) is 2.81. The molecule has 126 valence electrons. The Morgan fingerprint density at radius 2 is 1.65 bits per heavy atom. The molecule has 4 rings (SSSR count). The van der Waals surface area contributed by atoms with E-state index in [-0.39, 0.29) is 6.04 Å². The summed E-state index contributed by atoms with van der Waals surface area (Å²) in [6.07, 6.45) is 0.829. The molecule has 1 fully saturated rings. The first-order chi connectivity index (χ1) is 12.8. The molecule has 3 heterocycles. The Kier molecular flexibility index (Phi) is 4.31. The summed E-state index contributed by atoms with van der Waals surface area (Å²) in [4.78, 5) is 20.6. The third-order valence-corrected chi connectivity index (χ3v) is 4.01. The molecule has 2 aromatic heterocycles. The Bertz CT molecular complexity index is 978. The molecule has 5 heteroatoms. The summed E-state index contributed by atoms with van der Waals surface area (Å²) in [6, 6.07) is 20.4. The van der Waals surface area contributed by atoms with E-state index in [1.54, 1.807) is 6.20 Å². The average molecular weight is 341 g/mol. The maximum Gasteiger partial charge on any atom is 0.408 e. The molecule has 0 aliphatic carbocycles. The molecule has 3 aromatic rings. The van der Waals surface area contributed by atoms with E-state index in [0.717, 1.165) is 5.56 Å². The van der Waals surface area contributed by atoms with Gasteiger partial charge in [-0.2, -0.15) is 0 Å². The number of nitrogens with zero attached hydrogens (tertiary/aromatic N) is 2. The largest absolute Gasteiger partial charge is 0.439 e. The molecule has 1 aromatic carbocycles. The number of benzene rings is 1. The van der Waals surface area contributed by atoms with Crippen molar-refractivity contribution < 1.29 is 9.53 Å². The number of amides is 1. The van der Waals surface area contributed by atoms with Gasteiger partial charge in [0, 0.05) is 6.20 Å². The van der Waals surface area contributed by atoms with Crippen LogP contribution in [0.1, 0.15) is 34.8 Å². The number of pyridine rings is 2. The van der Waals surface area contributed by atoms with Crippen molar-refractivity contribution in [3.63, 3.8) is 0 Å². The number of cyclic esters (lactones) is 1. The normalized spacial score (nSPS) is 18.4. The number of rotatable bonds is 2. The second-order valence-electron chi connectivity index (χ2n) is 5.77. The molecular formula is C21H15N3O2. The smallest absolute Gasteiger partial charge is 0.408 e. The fourth-order valence-corrected chi connectivity index (χ4v) is 2.81. The molecule has 26 heavy (non-hydrogen) atoms.